The normalized spacial score (nSPS) is 12.7. The second kappa shape index (κ2) is 7.87. The molecule has 6 nitrogen and oxygen atoms in total. The van der Waals surface area contributed by atoms with Gasteiger partial charge >= 0.3 is 6.36 Å². The molecule has 0 aliphatic rings. The molecule has 2 rings (SSSR count). The Labute approximate surface area is 154 Å². The fraction of sp³-hybridized carbons (Fsp3) is 0.250. The van der Waals surface area contributed by atoms with E-state index in [4.69, 9.17) is 4.74 Å². The van der Waals surface area contributed by atoms with Crippen molar-refractivity contribution in [1.82, 2.24) is 0 Å². The van der Waals surface area contributed by atoms with E-state index in [0.717, 1.165) is 24.5 Å². The molecule has 27 heavy (non-hydrogen) atoms. The van der Waals surface area contributed by atoms with Crippen LogP contribution in [-0.4, -0.2) is 35.4 Å². The van der Waals surface area contributed by atoms with Crippen LogP contribution in [0.2, 0.25) is 0 Å². The Kier molecular flexibility index (Phi) is 6.17. The number of hydrogen-bond donors (Lipinski definition) is 0. The van der Waals surface area contributed by atoms with E-state index < -0.39 is 42.6 Å². The lowest BCUT2D eigenvalue weighted by atomic mass is 10.2. The molecular formula is C16H15F3O6S2. The Bertz CT molecular complexity index is 1010. The Morgan fingerprint density at radius 1 is 0.926 bits per heavy atom. The lowest BCUT2D eigenvalue weighted by Crippen LogP contribution is -2.17. The van der Waals surface area contributed by atoms with Crippen LogP contribution in [0.25, 0.3) is 0 Å². The van der Waals surface area contributed by atoms with Gasteiger partial charge in [0.2, 0.25) is 9.84 Å². The van der Waals surface area contributed by atoms with Gasteiger partial charge in [0.05, 0.1) is 16.4 Å². The van der Waals surface area contributed by atoms with Crippen LogP contribution >= 0.6 is 0 Å². The molecule has 0 atom stereocenters. The average Bonchev–Trinajstić information content (AvgIpc) is 2.53. The highest BCUT2D eigenvalue weighted by Crippen LogP contribution is 2.24. The van der Waals surface area contributed by atoms with Crippen LogP contribution in [0.1, 0.15) is 5.56 Å². The number of alkyl halides is 3. The summed E-state index contributed by atoms with van der Waals surface area (Å²) < 4.78 is 93.7. The summed E-state index contributed by atoms with van der Waals surface area (Å²) in [6, 6.07) is 9.96. The van der Waals surface area contributed by atoms with Crippen molar-refractivity contribution in [3.05, 3.63) is 54.1 Å². The fourth-order valence-electron chi connectivity index (χ4n) is 2.18. The smallest absolute Gasteiger partial charge is 0.406 e. The van der Waals surface area contributed by atoms with Crippen molar-refractivity contribution in [3.63, 3.8) is 0 Å². The van der Waals surface area contributed by atoms with Gasteiger partial charge in [-0.1, -0.05) is 24.3 Å². The fourth-order valence-corrected chi connectivity index (χ4v) is 4.86. The summed E-state index contributed by atoms with van der Waals surface area (Å²) in [5.41, 5.74) is 0.253. The van der Waals surface area contributed by atoms with Crippen LogP contribution in [0.3, 0.4) is 0 Å². The number of hydrogen-bond acceptors (Lipinski definition) is 6. The highest BCUT2D eigenvalue weighted by Gasteiger charge is 2.31. The molecule has 0 fully saturated rings. The van der Waals surface area contributed by atoms with E-state index in [1.54, 1.807) is 0 Å². The SMILES string of the molecule is CS(=O)(=O)c1ccccc1S(=O)(=O)COCc1cccc(OC(F)(F)F)c1. The van der Waals surface area contributed by atoms with Crippen molar-refractivity contribution in [2.75, 3.05) is 12.2 Å². The first-order valence-corrected chi connectivity index (χ1v) is 10.9. The maximum Gasteiger partial charge on any atom is 0.573 e. The van der Waals surface area contributed by atoms with Crippen molar-refractivity contribution < 1.29 is 39.5 Å². The van der Waals surface area contributed by atoms with Crippen molar-refractivity contribution in [3.8, 4) is 5.75 Å². The van der Waals surface area contributed by atoms with Crippen LogP contribution < -0.4 is 4.74 Å². The third-order valence-electron chi connectivity index (χ3n) is 3.22. The molecule has 0 aromatic heterocycles. The molecule has 0 amide bonds. The summed E-state index contributed by atoms with van der Waals surface area (Å²) in [5.74, 6) is -1.31. The van der Waals surface area contributed by atoms with E-state index in [2.05, 4.69) is 4.74 Å². The minimum absolute atomic E-state index is 0.253. The van der Waals surface area contributed by atoms with Crippen LogP contribution in [0, 0.1) is 0 Å². The maximum atomic E-state index is 12.4. The van der Waals surface area contributed by atoms with Gasteiger partial charge in [-0.25, -0.2) is 16.8 Å². The van der Waals surface area contributed by atoms with E-state index in [9.17, 15) is 30.0 Å². The van der Waals surface area contributed by atoms with Gasteiger partial charge in [-0.05, 0) is 29.8 Å². The van der Waals surface area contributed by atoms with Crippen LogP contribution in [0.5, 0.6) is 5.75 Å². The van der Waals surface area contributed by atoms with Gasteiger partial charge in [0, 0.05) is 6.26 Å². The number of sulfone groups is 2. The standard InChI is InChI=1S/C16H15F3O6S2/c1-26(20,21)14-7-2-3-8-15(14)27(22,23)11-24-10-12-5-4-6-13(9-12)25-16(17,18)19/h2-9H,10-11H2,1H3. The van der Waals surface area contributed by atoms with Gasteiger partial charge in [0.25, 0.3) is 0 Å². The highest BCUT2D eigenvalue weighted by molar-refractivity contribution is 7.94. The first kappa shape index (κ1) is 21.2. The first-order valence-electron chi connectivity index (χ1n) is 7.33. The zero-order valence-electron chi connectivity index (χ0n) is 13.9. The molecule has 148 valence electrons. The van der Waals surface area contributed by atoms with Gasteiger partial charge in [0.1, 0.15) is 5.75 Å². The molecule has 0 aliphatic carbocycles. The molecule has 0 unspecified atom stereocenters. The summed E-state index contributed by atoms with van der Waals surface area (Å²) in [6.07, 6.45) is -3.97. The Balaban J connectivity index is 2.11. The van der Waals surface area contributed by atoms with Crippen LogP contribution in [0.4, 0.5) is 13.2 Å². The molecule has 0 bridgehead atoms. The van der Waals surface area contributed by atoms with Gasteiger partial charge in [-0.2, -0.15) is 0 Å². The minimum Gasteiger partial charge on any atom is -0.406 e. The molecule has 0 N–H and O–H groups in total. The Morgan fingerprint density at radius 2 is 1.56 bits per heavy atom. The van der Waals surface area contributed by atoms with Crippen molar-refractivity contribution >= 4 is 19.7 Å². The van der Waals surface area contributed by atoms with Crippen LogP contribution in [-0.2, 0) is 31.0 Å². The number of ether oxygens (including phenoxy) is 2. The van der Waals surface area contributed by atoms with Crippen molar-refractivity contribution in [2.45, 2.75) is 22.8 Å². The zero-order valence-corrected chi connectivity index (χ0v) is 15.6. The molecule has 0 saturated carbocycles. The van der Waals surface area contributed by atoms with E-state index in [0.29, 0.717) is 0 Å². The minimum atomic E-state index is -4.85. The second-order valence-electron chi connectivity index (χ2n) is 5.50. The van der Waals surface area contributed by atoms with E-state index in [1.807, 2.05) is 0 Å². The van der Waals surface area contributed by atoms with E-state index in [-0.39, 0.29) is 17.1 Å². The van der Waals surface area contributed by atoms with Crippen molar-refractivity contribution in [1.29, 1.82) is 0 Å². The number of benzene rings is 2. The molecule has 2 aromatic rings. The summed E-state index contributed by atoms with van der Waals surface area (Å²) in [4.78, 5) is -0.754. The molecule has 11 heteroatoms. The summed E-state index contributed by atoms with van der Waals surface area (Å²) in [6.45, 7) is -0.310. The third kappa shape index (κ3) is 6.22. The lowest BCUT2D eigenvalue weighted by Gasteiger charge is -2.11. The first-order chi connectivity index (χ1) is 12.4. The van der Waals surface area contributed by atoms with Gasteiger partial charge in [0.15, 0.2) is 15.8 Å². The van der Waals surface area contributed by atoms with E-state index >= 15 is 0 Å². The third-order valence-corrected chi connectivity index (χ3v) is 6.01. The largest absolute Gasteiger partial charge is 0.573 e. The predicted molar refractivity (Wildman–Crippen MR) is 89.5 cm³/mol. The van der Waals surface area contributed by atoms with Gasteiger partial charge < -0.3 is 9.47 Å². The number of rotatable bonds is 7. The summed E-state index contributed by atoms with van der Waals surface area (Å²) in [7, 11) is -7.87. The zero-order chi connectivity index (χ0) is 20.3. The molecule has 0 heterocycles. The second-order valence-corrected chi connectivity index (χ2v) is 9.38. The van der Waals surface area contributed by atoms with Crippen molar-refractivity contribution in [2.24, 2.45) is 0 Å². The monoisotopic (exact) mass is 424 g/mol. The summed E-state index contributed by atoms with van der Waals surface area (Å²) in [5, 5.41) is 0. The highest BCUT2D eigenvalue weighted by atomic mass is 32.2. The topological polar surface area (TPSA) is 86.7 Å². The van der Waals surface area contributed by atoms with Crippen LogP contribution in [0.15, 0.2) is 58.3 Å². The Morgan fingerprint density at radius 3 is 2.15 bits per heavy atom. The molecule has 2 aromatic carbocycles. The molecule has 0 saturated heterocycles. The lowest BCUT2D eigenvalue weighted by molar-refractivity contribution is -0.274. The molecule has 0 spiro atoms. The number of halogens is 3. The van der Waals surface area contributed by atoms with Gasteiger partial charge in [-0.15, -0.1) is 13.2 Å². The van der Waals surface area contributed by atoms with E-state index in [1.165, 1.54) is 30.3 Å². The quantitative estimate of drug-likeness (QED) is 0.679. The maximum absolute atomic E-state index is 12.4. The van der Waals surface area contributed by atoms with Gasteiger partial charge in [-0.3, -0.25) is 0 Å². The molecular weight excluding hydrogens is 409 g/mol. The molecule has 0 radical (unpaired) electrons. The Hall–Kier alpha value is -2.11. The average molecular weight is 424 g/mol. The predicted octanol–water partition coefficient (Wildman–Crippen LogP) is 2.94. The molecule has 0 aliphatic heterocycles. The summed E-state index contributed by atoms with van der Waals surface area (Å²) >= 11 is 0.